The molecule has 2 N–H and O–H groups in total. The molecule has 2 rings (SSSR count). The van der Waals surface area contributed by atoms with Crippen LogP contribution in [0.15, 0.2) is 46.7 Å². The Kier molecular flexibility index (Phi) is 4.67. The van der Waals surface area contributed by atoms with Gasteiger partial charge in [-0.05, 0) is 35.9 Å². The van der Waals surface area contributed by atoms with Crippen molar-refractivity contribution in [2.75, 3.05) is 0 Å². The molecular formula is C14H9Cl2NO4. The number of aliphatic carboxylic acids is 1. The van der Waals surface area contributed by atoms with E-state index in [1.54, 1.807) is 12.1 Å². The first-order chi connectivity index (χ1) is 9.97. The first-order valence-corrected chi connectivity index (χ1v) is 6.48. The van der Waals surface area contributed by atoms with Crippen LogP contribution in [0.2, 0.25) is 10.0 Å². The number of benzene rings is 1. The lowest BCUT2D eigenvalue weighted by Gasteiger charge is -2.05. The maximum absolute atomic E-state index is 11.8. The molecule has 7 heteroatoms. The van der Waals surface area contributed by atoms with E-state index < -0.39 is 11.9 Å². The second-order valence-corrected chi connectivity index (χ2v) is 4.80. The van der Waals surface area contributed by atoms with Gasteiger partial charge in [0.25, 0.3) is 5.91 Å². The van der Waals surface area contributed by atoms with E-state index in [0.717, 1.165) is 0 Å². The number of hydrogen-bond acceptors (Lipinski definition) is 3. The van der Waals surface area contributed by atoms with Crippen LogP contribution in [0, 0.1) is 0 Å². The number of carboxylic acid groups (broad SMARTS) is 1. The van der Waals surface area contributed by atoms with Gasteiger partial charge in [0.15, 0.2) is 5.76 Å². The molecule has 0 radical (unpaired) electrons. The quantitative estimate of drug-likeness (QED) is 0.844. The Morgan fingerprint density at radius 3 is 2.57 bits per heavy atom. The van der Waals surface area contributed by atoms with Crippen LogP contribution in [0.4, 0.5) is 0 Å². The Hall–Kier alpha value is -2.24. The van der Waals surface area contributed by atoms with Crippen molar-refractivity contribution in [3.05, 3.63) is 63.7 Å². The first kappa shape index (κ1) is 15.2. The third-order valence-corrected chi connectivity index (χ3v) is 3.05. The van der Waals surface area contributed by atoms with E-state index in [4.69, 9.17) is 32.7 Å². The van der Waals surface area contributed by atoms with Gasteiger partial charge in [0, 0.05) is 10.0 Å². The minimum atomic E-state index is -1.30. The number of carbonyl (C=O) groups excluding carboxylic acids is 1. The Balaban J connectivity index is 2.28. The monoisotopic (exact) mass is 325 g/mol. The van der Waals surface area contributed by atoms with E-state index >= 15 is 0 Å². The highest BCUT2D eigenvalue weighted by Crippen LogP contribution is 2.22. The van der Waals surface area contributed by atoms with Gasteiger partial charge in [0.2, 0.25) is 0 Å². The van der Waals surface area contributed by atoms with Crippen LogP contribution in [-0.2, 0) is 4.79 Å². The minimum Gasteiger partial charge on any atom is -0.477 e. The molecule has 1 amide bonds. The SMILES string of the molecule is O=C(O)/C(=C/c1ccc(Cl)cc1Cl)NC(=O)c1ccco1. The number of rotatable bonds is 4. The normalized spacial score (nSPS) is 11.2. The Labute approximate surface area is 129 Å². The summed E-state index contributed by atoms with van der Waals surface area (Å²) in [5.74, 6) is -1.97. The summed E-state index contributed by atoms with van der Waals surface area (Å²) in [4.78, 5) is 23.0. The summed E-state index contributed by atoms with van der Waals surface area (Å²) < 4.78 is 4.89. The summed E-state index contributed by atoms with van der Waals surface area (Å²) in [7, 11) is 0. The van der Waals surface area contributed by atoms with Crippen molar-refractivity contribution in [1.29, 1.82) is 0 Å². The van der Waals surface area contributed by atoms with E-state index in [9.17, 15) is 9.59 Å². The molecule has 0 aliphatic rings. The molecule has 0 atom stereocenters. The molecule has 0 unspecified atom stereocenters. The summed E-state index contributed by atoms with van der Waals surface area (Å²) in [5.41, 5.74) is 0.0823. The number of hydrogen-bond donors (Lipinski definition) is 2. The van der Waals surface area contributed by atoms with Gasteiger partial charge >= 0.3 is 5.97 Å². The highest BCUT2D eigenvalue weighted by Gasteiger charge is 2.15. The molecule has 1 heterocycles. The van der Waals surface area contributed by atoms with E-state index in [0.29, 0.717) is 10.6 Å². The Morgan fingerprint density at radius 1 is 1.24 bits per heavy atom. The van der Waals surface area contributed by atoms with Crippen LogP contribution in [0.5, 0.6) is 0 Å². The van der Waals surface area contributed by atoms with Crippen molar-refractivity contribution in [3.63, 3.8) is 0 Å². The van der Waals surface area contributed by atoms with Crippen LogP contribution >= 0.6 is 23.2 Å². The average molecular weight is 326 g/mol. The summed E-state index contributed by atoms with van der Waals surface area (Å²) in [6.07, 6.45) is 2.55. The summed E-state index contributed by atoms with van der Waals surface area (Å²) in [5, 5.41) is 12.1. The van der Waals surface area contributed by atoms with Gasteiger partial charge in [-0.25, -0.2) is 4.79 Å². The first-order valence-electron chi connectivity index (χ1n) is 5.72. The second kappa shape index (κ2) is 6.47. The van der Waals surface area contributed by atoms with Crippen molar-refractivity contribution in [2.24, 2.45) is 0 Å². The van der Waals surface area contributed by atoms with Gasteiger partial charge in [-0.3, -0.25) is 4.79 Å². The molecule has 2 aromatic rings. The van der Waals surface area contributed by atoms with E-state index in [1.165, 1.54) is 30.5 Å². The molecule has 5 nitrogen and oxygen atoms in total. The number of furan rings is 1. The maximum Gasteiger partial charge on any atom is 0.352 e. The molecule has 0 saturated heterocycles. The smallest absolute Gasteiger partial charge is 0.352 e. The fourth-order valence-electron chi connectivity index (χ4n) is 1.52. The molecular weight excluding hydrogens is 317 g/mol. The highest BCUT2D eigenvalue weighted by atomic mass is 35.5. The van der Waals surface area contributed by atoms with E-state index in [1.807, 2.05) is 0 Å². The zero-order valence-electron chi connectivity index (χ0n) is 10.5. The topological polar surface area (TPSA) is 79.5 Å². The molecule has 0 saturated carbocycles. The Morgan fingerprint density at radius 2 is 2.00 bits per heavy atom. The summed E-state index contributed by atoms with van der Waals surface area (Å²) in [6.45, 7) is 0. The van der Waals surface area contributed by atoms with E-state index in [-0.39, 0.29) is 16.5 Å². The van der Waals surface area contributed by atoms with Crippen LogP contribution in [0.1, 0.15) is 16.1 Å². The highest BCUT2D eigenvalue weighted by molar-refractivity contribution is 6.35. The molecule has 1 aromatic heterocycles. The van der Waals surface area contributed by atoms with Crippen molar-refractivity contribution in [3.8, 4) is 0 Å². The van der Waals surface area contributed by atoms with Gasteiger partial charge in [0.1, 0.15) is 5.70 Å². The van der Waals surface area contributed by atoms with Crippen LogP contribution < -0.4 is 5.32 Å². The van der Waals surface area contributed by atoms with Gasteiger partial charge in [-0.2, -0.15) is 0 Å². The molecule has 0 fully saturated rings. The van der Waals surface area contributed by atoms with Crippen molar-refractivity contribution >= 4 is 41.2 Å². The molecule has 108 valence electrons. The zero-order valence-corrected chi connectivity index (χ0v) is 12.0. The minimum absolute atomic E-state index is 0.00403. The lowest BCUT2D eigenvalue weighted by atomic mass is 10.2. The summed E-state index contributed by atoms with van der Waals surface area (Å²) >= 11 is 11.7. The predicted octanol–water partition coefficient (Wildman–Crippen LogP) is 3.44. The number of carbonyl (C=O) groups is 2. The van der Waals surface area contributed by atoms with Gasteiger partial charge in [-0.1, -0.05) is 29.3 Å². The molecule has 0 aliphatic heterocycles. The van der Waals surface area contributed by atoms with Crippen molar-refractivity contribution in [2.45, 2.75) is 0 Å². The zero-order chi connectivity index (χ0) is 15.4. The molecule has 0 bridgehead atoms. The van der Waals surface area contributed by atoms with Gasteiger partial charge in [-0.15, -0.1) is 0 Å². The number of halogens is 2. The lowest BCUT2D eigenvalue weighted by Crippen LogP contribution is -2.26. The predicted molar refractivity (Wildman–Crippen MR) is 78.2 cm³/mol. The lowest BCUT2D eigenvalue weighted by molar-refractivity contribution is -0.132. The summed E-state index contributed by atoms with van der Waals surface area (Å²) in [6, 6.07) is 7.53. The van der Waals surface area contributed by atoms with Crippen LogP contribution in [-0.4, -0.2) is 17.0 Å². The molecule has 0 spiro atoms. The maximum atomic E-state index is 11.8. The van der Waals surface area contributed by atoms with Crippen molar-refractivity contribution in [1.82, 2.24) is 5.32 Å². The fourth-order valence-corrected chi connectivity index (χ4v) is 1.98. The molecule has 21 heavy (non-hydrogen) atoms. The second-order valence-electron chi connectivity index (χ2n) is 3.96. The number of carboxylic acids is 1. The number of amides is 1. The van der Waals surface area contributed by atoms with E-state index in [2.05, 4.69) is 5.32 Å². The Bertz CT molecular complexity index is 708. The van der Waals surface area contributed by atoms with Gasteiger partial charge < -0.3 is 14.8 Å². The fraction of sp³-hybridized carbons (Fsp3) is 0. The number of nitrogens with one attached hydrogen (secondary N) is 1. The third kappa shape index (κ3) is 3.87. The largest absolute Gasteiger partial charge is 0.477 e. The molecule has 0 aliphatic carbocycles. The molecule has 1 aromatic carbocycles. The average Bonchev–Trinajstić information content (AvgIpc) is 2.94. The van der Waals surface area contributed by atoms with Crippen LogP contribution in [0.3, 0.4) is 0 Å². The van der Waals surface area contributed by atoms with Crippen LogP contribution in [0.25, 0.3) is 6.08 Å². The third-order valence-electron chi connectivity index (χ3n) is 2.49. The van der Waals surface area contributed by atoms with Crippen molar-refractivity contribution < 1.29 is 19.1 Å². The standard InChI is InChI=1S/C14H9Cl2NO4/c15-9-4-3-8(10(16)7-9)6-11(14(19)20)17-13(18)12-2-1-5-21-12/h1-7H,(H,17,18)(H,19,20)/b11-6-. The van der Waals surface area contributed by atoms with Gasteiger partial charge in [0.05, 0.1) is 6.26 Å².